The molecular formula is C21H21ClN4O4S2. The fourth-order valence-electron chi connectivity index (χ4n) is 3.50. The second kappa shape index (κ2) is 8.43. The van der Waals surface area contributed by atoms with E-state index in [4.69, 9.17) is 16.3 Å². The number of aromatic nitrogens is 2. The molecule has 1 unspecified atom stereocenters. The number of aryl methyl sites for hydroxylation is 1. The molecule has 1 aromatic heterocycles. The Labute approximate surface area is 195 Å². The Morgan fingerprint density at radius 3 is 2.72 bits per heavy atom. The molecule has 0 fully saturated rings. The molecule has 4 rings (SSSR count). The van der Waals surface area contributed by atoms with Crippen molar-refractivity contribution in [2.75, 3.05) is 5.32 Å². The van der Waals surface area contributed by atoms with Crippen molar-refractivity contribution in [3.8, 4) is 5.75 Å². The van der Waals surface area contributed by atoms with E-state index in [0.29, 0.717) is 12.2 Å². The van der Waals surface area contributed by atoms with E-state index in [-0.39, 0.29) is 20.1 Å². The molecule has 0 spiro atoms. The Kier molecular flexibility index (Phi) is 5.97. The lowest BCUT2D eigenvalue weighted by Crippen LogP contribution is -2.41. The lowest BCUT2D eigenvalue weighted by Gasteiger charge is -2.37. The predicted octanol–water partition coefficient (Wildman–Crippen LogP) is 4.33. The maximum Gasteiger partial charge on any atom is 0.270 e. The van der Waals surface area contributed by atoms with E-state index in [9.17, 15) is 13.2 Å². The van der Waals surface area contributed by atoms with Gasteiger partial charge in [-0.2, -0.15) is 0 Å². The van der Waals surface area contributed by atoms with Gasteiger partial charge in [0.05, 0.1) is 16.6 Å². The van der Waals surface area contributed by atoms with Crippen molar-refractivity contribution in [2.45, 2.75) is 43.2 Å². The van der Waals surface area contributed by atoms with Crippen molar-refractivity contribution in [1.82, 2.24) is 14.9 Å². The summed E-state index contributed by atoms with van der Waals surface area (Å²) in [4.78, 5) is 12.4. The Bertz CT molecular complexity index is 1290. The van der Waals surface area contributed by atoms with E-state index in [1.165, 1.54) is 0 Å². The Morgan fingerprint density at radius 2 is 1.97 bits per heavy atom. The van der Waals surface area contributed by atoms with Crippen molar-refractivity contribution in [2.24, 2.45) is 0 Å². The van der Waals surface area contributed by atoms with Gasteiger partial charge in [-0.3, -0.25) is 10.1 Å². The van der Waals surface area contributed by atoms with Gasteiger partial charge in [0.15, 0.2) is 0 Å². The fraction of sp³-hybridized carbons (Fsp3) is 0.286. The van der Waals surface area contributed by atoms with Crippen LogP contribution in [-0.4, -0.2) is 30.1 Å². The first-order chi connectivity index (χ1) is 15.0. The van der Waals surface area contributed by atoms with E-state index in [2.05, 4.69) is 20.2 Å². The number of ether oxygens (including phenoxy) is 1. The molecule has 32 heavy (non-hydrogen) atoms. The molecule has 2 aromatic carbocycles. The molecule has 2 heterocycles. The predicted molar refractivity (Wildman–Crippen MR) is 123 cm³/mol. The van der Waals surface area contributed by atoms with Gasteiger partial charge in [0.1, 0.15) is 11.4 Å². The van der Waals surface area contributed by atoms with Crippen molar-refractivity contribution in [3.05, 3.63) is 64.2 Å². The highest BCUT2D eigenvalue weighted by Gasteiger charge is 2.37. The molecule has 168 valence electrons. The number of halogens is 1. The van der Waals surface area contributed by atoms with Crippen molar-refractivity contribution >= 4 is 44.0 Å². The van der Waals surface area contributed by atoms with Crippen molar-refractivity contribution in [3.63, 3.8) is 0 Å². The SMILES string of the molecule is Cc1ccc2c(c1)C(NS(=O)(=O)c1nnc(NC(=O)c3ccccc3Cl)s1)CC(C)(C)O2. The van der Waals surface area contributed by atoms with Gasteiger partial charge in [-0.15, -0.1) is 10.2 Å². The number of amides is 1. The normalized spacial score (nSPS) is 17.3. The van der Waals surface area contributed by atoms with Crippen LogP contribution >= 0.6 is 22.9 Å². The van der Waals surface area contributed by atoms with Crippen molar-refractivity contribution in [1.29, 1.82) is 0 Å². The van der Waals surface area contributed by atoms with Crippen LogP contribution in [0.2, 0.25) is 5.02 Å². The van der Waals surface area contributed by atoms with E-state index in [1.807, 2.05) is 39.0 Å². The molecule has 11 heteroatoms. The highest BCUT2D eigenvalue weighted by atomic mass is 35.5. The van der Waals surface area contributed by atoms with Crippen LogP contribution in [0.15, 0.2) is 46.8 Å². The Balaban J connectivity index is 1.55. The first-order valence-electron chi connectivity index (χ1n) is 9.75. The number of benzene rings is 2. The summed E-state index contributed by atoms with van der Waals surface area (Å²) in [5, 5.41) is 10.5. The zero-order valence-corrected chi connectivity index (χ0v) is 19.9. The van der Waals surface area contributed by atoms with Gasteiger partial charge in [-0.05, 0) is 39.0 Å². The second-order valence-corrected chi connectivity index (χ2v) is 11.4. The molecule has 1 atom stereocenters. The number of carbonyl (C=O) groups is 1. The number of carbonyl (C=O) groups excluding carboxylic acids is 1. The van der Waals surface area contributed by atoms with Gasteiger partial charge < -0.3 is 4.74 Å². The number of hydrogen-bond donors (Lipinski definition) is 2. The van der Waals surface area contributed by atoms with Gasteiger partial charge in [0.25, 0.3) is 15.9 Å². The standard InChI is InChI=1S/C21H21ClN4O4S2/c1-12-8-9-17-14(10-12)16(11-21(2,3)30-17)26-32(28,29)20-25-24-19(31-20)23-18(27)13-6-4-5-7-15(13)22/h4-10,16,26H,11H2,1-3H3,(H,23,24,27). The van der Waals surface area contributed by atoms with Gasteiger partial charge >= 0.3 is 0 Å². The smallest absolute Gasteiger partial charge is 0.270 e. The van der Waals surface area contributed by atoms with E-state index < -0.39 is 27.6 Å². The summed E-state index contributed by atoms with van der Waals surface area (Å²) in [6.45, 7) is 5.75. The number of rotatable bonds is 5. The lowest BCUT2D eigenvalue weighted by atomic mass is 9.89. The third kappa shape index (κ3) is 4.78. The van der Waals surface area contributed by atoms with Crippen LogP contribution in [0.4, 0.5) is 5.13 Å². The molecule has 0 saturated carbocycles. The topological polar surface area (TPSA) is 110 Å². The number of hydrogen-bond acceptors (Lipinski definition) is 7. The molecule has 0 aliphatic carbocycles. The zero-order chi connectivity index (χ0) is 23.1. The van der Waals surface area contributed by atoms with Crippen LogP contribution in [-0.2, 0) is 10.0 Å². The van der Waals surface area contributed by atoms with Crippen LogP contribution < -0.4 is 14.8 Å². The first kappa shape index (κ1) is 22.7. The van der Waals surface area contributed by atoms with Crippen LogP contribution in [0.25, 0.3) is 0 Å². The fourth-order valence-corrected chi connectivity index (χ4v) is 5.84. The zero-order valence-electron chi connectivity index (χ0n) is 17.5. The third-order valence-corrected chi connectivity index (χ3v) is 7.90. The first-order valence-corrected chi connectivity index (χ1v) is 12.4. The molecule has 0 radical (unpaired) electrons. The van der Waals surface area contributed by atoms with E-state index in [0.717, 1.165) is 22.5 Å². The number of fused-ring (bicyclic) bond motifs is 1. The molecule has 2 N–H and O–H groups in total. The molecular weight excluding hydrogens is 472 g/mol. The van der Waals surface area contributed by atoms with Gasteiger partial charge in [-0.25, -0.2) is 13.1 Å². The minimum atomic E-state index is -3.99. The maximum absolute atomic E-state index is 13.1. The highest BCUT2D eigenvalue weighted by molar-refractivity contribution is 7.91. The minimum absolute atomic E-state index is 0.0545. The van der Waals surface area contributed by atoms with Crippen LogP contribution in [0, 0.1) is 6.92 Å². The summed E-state index contributed by atoms with van der Waals surface area (Å²) >= 11 is 6.80. The summed E-state index contributed by atoms with van der Waals surface area (Å²) in [5.41, 5.74) is 1.47. The van der Waals surface area contributed by atoms with Crippen LogP contribution in [0.1, 0.15) is 47.8 Å². The second-order valence-electron chi connectivity index (χ2n) is 8.09. The molecule has 0 bridgehead atoms. The molecule has 0 saturated heterocycles. The monoisotopic (exact) mass is 492 g/mol. The summed E-state index contributed by atoms with van der Waals surface area (Å²) in [6, 6.07) is 11.7. The average molecular weight is 493 g/mol. The number of nitrogens with zero attached hydrogens (tertiary/aromatic N) is 2. The van der Waals surface area contributed by atoms with Gasteiger partial charge in [-0.1, -0.05) is 52.8 Å². The quantitative estimate of drug-likeness (QED) is 0.513. The minimum Gasteiger partial charge on any atom is -0.487 e. The van der Waals surface area contributed by atoms with Gasteiger partial charge in [0, 0.05) is 12.0 Å². The largest absolute Gasteiger partial charge is 0.487 e. The molecule has 1 amide bonds. The lowest BCUT2D eigenvalue weighted by molar-refractivity contribution is 0.0701. The van der Waals surface area contributed by atoms with E-state index in [1.54, 1.807) is 24.3 Å². The summed E-state index contributed by atoms with van der Waals surface area (Å²) in [5.74, 6) is 0.142. The summed E-state index contributed by atoms with van der Waals surface area (Å²) in [6.07, 6.45) is 0.442. The maximum atomic E-state index is 13.1. The Morgan fingerprint density at radius 1 is 1.22 bits per heavy atom. The van der Waals surface area contributed by atoms with Gasteiger partial charge in [0.2, 0.25) is 9.47 Å². The Hall–Kier alpha value is -2.53. The van der Waals surface area contributed by atoms with Crippen molar-refractivity contribution < 1.29 is 17.9 Å². The molecule has 1 aliphatic heterocycles. The average Bonchev–Trinajstić information content (AvgIpc) is 3.17. The summed E-state index contributed by atoms with van der Waals surface area (Å²) < 4.78 is 34.6. The van der Waals surface area contributed by atoms with Crippen LogP contribution in [0.5, 0.6) is 5.75 Å². The number of anilines is 1. The highest BCUT2D eigenvalue weighted by Crippen LogP contribution is 2.40. The molecule has 3 aromatic rings. The van der Waals surface area contributed by atoms with E-state index >= 15 is 0 Å². The third-order valence-electron chi connectivity index (χ3n) is 4.90. The summed E-state index contributed by atoms with van der Waals surface area (Å²) in [7, 11) is -3.99. The van der Waals surface area contributed by atoms with Crippen LogP contribution in [0.3, 0.4) is 0 Å². The number of nitrogens with one attached hydrogen (secondary N) is 2. The molecule has 8 nitrogen and oxygen atoms in total. The number of sulfonamides is 1. The molecule has 1 aliphatic rings.